The highest BCUT2D eigenvalue weighted by Gasteiger charge is 2.16. The molecule has 0 aliphatic carbocycles. The second kappa shape index (κ2) is 7.59. The van der Waals surface area contributed by atoms with E-state index in [0.717, 1.165) is 17.8 Å². The van der Waals surface area contributed by atoms with Crippen molar-refractivity contribution in [2.24, 2.45) is 0 Å². The summed E-state index contributed by atoms with van der Waals surface area (Å²) >= 11 is 0. The van der Waals surface area contributed by atoms with Crippen LogP contribution >= 0.6 is 0 Å². The van der Waals surface area contributed by atoms with Crippen molar-refractivity contribution in [1.29, 1.82) is 0 Å². The van der Waals surface area contributed by atoms with Crippen LogP contribution in [-0.4, -0.2) is 25.2 Å². The van der Waals surface area contributed by atoms with Gasteiger partial charge in [-0.3, -0.25) is 9.48 Å². The van der Waals surface area contributed by atoms with Gasteiger partial charge in [-0.15, -0.1) is 0 Å². The van der Waals surface area contributed by atoms with Gasteiger partial charge in [-0.25, -0.2) is 4.98 Å². The Bertz CT molecular complexity index is 764. The first kappa shape index (κ1) is 16.0. The maximum absolute atomic E-state index is 12.5. The number of benzene rings is 1. The van der Waals surface area contributed by atoms with Crippen molar-refractivity contribution in [3.05, 3.63) is 72.6 Å². The lowest BCUT2D eigenvalue weighted by molar-refractivity contribution is -0.122. The molecular weight excluding hydrogens is 302 g/mol. The number of aromatic nitrogens is 4. The highest BCUT2D eigenvalue weighted by atomic mass is 16.2. The number of rotatable bonds is 7. The first-order valence-corrected chi connectivity index (χ1v) is 8.08. The zero-order chi connectivity index (χ0) is 16.8. The molecule has 1 amide bonds. The van der Waals surface area contributed by atoms with Crippen LogP contribution in [-0.2, 0) is 24.3 Å². The van der Waals surface area contributed by atoms with Gasteiger partial charge >= 0.3 is 0 Å². The molecule has 0 radical (unpaired) electrons. The second-order valence-corrected chi connectivity index (χ2v) is 5.58. The van der Waals surface area contributed by atoms with Gasteiger partial charge in [-0.1, -0.05) is 37.3 Å². The van der Waals surface area contributed by atoms with Crippen LogP contribution in [0, 0.1) is 0 Å². The second-order valence-electron chi connectivity index (χ2n) is 5.58. The lowest BCUT2D eigenvalue weighted by Gasteiger charge is -2.20. The largest absolute Gasteiger partial charge is 0.346 e. The Morgan fingerprint density at radius 1 is 1.17 bits per heavy atom. The zero-order valence-corrected chi connectivity index (χ0v) is 13.7. The zero-order valence-electron chi connectivity index (χ0n) is 13.7. The molecule has 1 atom stereocenters. The molecule has 0 bridgehead atoms. The molecular formula is C18H21N5O. The Morgan fingerprint density at radius 3 is 2.71 bits per heavy atom. The summed E-state index contributed by atoms with van der Waals surface area (Å²) in [6.45, 7) is 2.89. The van der Waals surface area contributed by atoms with Crippen LogP contribution in [0.25, 0.3) is 0 Å². The predicted octanol–water partition coefficient (Wildman–Crippen LogP) is 2.20. The molecule has 0 spiro atoms. The summed E-state index contributed by atoms with van der Waals surface area (Å²) < 4.78 is 3.71. The number of aryl methyl sites for hydroxylation is 1. The number of carbonyl (C=O) groups is 1. The molecule has 0 aliphatic heterocycles. The van der Waals surface area contributed by atoms with Crippen LogP contribution in [0.15, 0.2) is 61.2 Å². The minimum absolute atomic E-state index is 0.0382. The van der Waals surface area contributed by atoms with Gasteiger partial charge in [0.1, 0.15) is 12.4 Å². The summed E-state index contributed by atoms with van der Waals surface area (Å²) in [6.07, 6.45) is 8.00. The molecule has 0 saturated heterocycles. The normalized spacial score (nSPS) is 12.0. The molecule has 1 aromatic carbocycles. The summed E-state index contributed by atoms with van der Waals surface area (Å²) in [6, 6.07) is 11.7. The van der Waals surface area contributed by atoms with E-state index in [1.54, 1.807) is 12.4 Å². The van der Waals surface area contributed by atoms with Gasteiger partial charge in [0.25, 0.3) is 0 Å². The van der Waals surface area contributed by atoms with Crippen molar-refractivity contribution in [3.63, 3.8) is 0 Å². The Balaban J connectivity index is 1.72. The van der Waals surface area contributed by atoms with Gasteiger partial charge in [0.05, 0.1) is 12.6 Å². The van der Waals surface area contributed by atoms with E-state index >= 15 is 0 Å². The van der Waals surface area contributed by atoms with Crippen LogP contribution in [0.3, 0.4) is 0 Å². The van der Waals surface area contributed by atoms with Gasteiger partial charge in [0, 0.05) is 31.2 Å². The SMILES string of the molecule is CCc1nccn1CC(=O)N[C@H](Cn1cccn1)c1ccccc1. The van der Waals surface area contributed by atoms with Crippen molar-refractivity contribution < 1.29 is 4.79 Å². The monoisotopic (exact) mass is 323 g/mol. The Hall–Kier alpha value is -2.89. The number of nitrogens with zero attached hydrogens (tertiary/aromatic N) is 4. The lowest BCUT2D eigenvalue weighted by Crippen LogP contribution is -2.34. The first-order valence-electron chi connectivity index (χ1n) is 8.08. The van der Waals surface area contributed by atoms with E-state index in [2.05, 4.69) is 15.4 Å². The van der Waals surface area contributed by atoms with Crippen molar-refractivity contribution in [2.45, 2.75) is 32.5 Å². The number of carbonyl (C=O) groups excluding carboxylic acids is 1. The summed E-state index contributed by atoms with van der Waals surface area (Å²) in [5.74, 6) is 0.872. The maximum atomic E-state index is 12.5. The van der Waals surface area contributed by atoms with Crippen LogP contribution in [0.5, 0.6) is 0 Å². The van der Waals surface area contributed by atoms with Crippen molar-refractivity contribution in [2.75, 3.05) is 0 Å². The van der Waals surface area contributed by atoms with Crippen molar-refractivity contribution in [3.8, 4) is 0 Å². The van der Waals surface area contributed by atoms with Crippen LogP contribution in [0.2, 0.25) is 0 Å². The van der Waals surface area contributed by atoms with Gasteiger partial charge in [0.15, 0.2) is 0 Å². The van der Waals surface area contributed by atoms with E-state index in [4.69, 9.17) is 0 Å². The standard InChI is InChI=1S/C18H21N5O/c1-2-17-19-10-12-22(17)14-18(24)21-16(13-23-11-6-9-20-23)15-7-4-3-5-8-15/h3-12,16H,2,13-14H2,1H3,(H,21,24)/t16-/m1/s1. The average Bonchev–Trinajstić information content (AvgIpc) is 3.26. The molecule has 1 N–H and O–H groups in total. The van der Waals surface area contributed by atoms with Gasteiger partial charge < -0.3 is 9.88 Å². The van der Waals surface area contributed by atoms with Gasteiger partial charge in [-0.2, -0.15) is 5.10 Å². The molecule has 0 aliphatic rings. The Morgan fingerprint density at radius 2 is 2.00 bits per heavy atom. The number of hydrogen-bond acceptors (Lipinski definition) is 3. The number of hydrogen-bond donors (Lipinski definition) is 1. The summed E-state index contributed by atoms with van der Waals surface area (Å²) in [5.41, 5.74) is 1.06. The van der Waals surface area contributed by atoms with Crippen LogP contribution in [0.1, 0.15) is 24.4 Å². The van der Waals surface area contributed by atoms with E-state index in [1.165, 1.54) is 0 Å². The van der Waals surface area contributed by atoms with E-state index in [0.29, 0.717) is 6.54 Å². The summed E-state index contributed by atoms with van der Waals surface area (Å²) in [7, 11) is 0. The third kappa shape index (κ3) is 3.90. The van der Waals surface area contributed by atoms with E-state index in [-0.39, 0.29) is 18.5 Å². The minimum Gasteiger partial charge on any atom is -0.346 e. The van der Waals surface area contributed by atoms with Crippen LogP contribution in [0.4, 0.5) is 0 Å². The van der Waals surface area contributed by atoms with Gasteiger partial charge in [-0.05, 0) is 11.6 Å². The van der Waals surface area contributed by atoms with Crippen LogP contribution < -0.4 is 5.32 Å². The van der Waals surface area contributed by atoms with E-state index in [9.17, 15) is 4.79 Å². The molecule has 0 unspecified atom stereocenters. The molecule has 3 aromatic rings. The molecule has 0 saturated carbocycles. The molecule has 124 valence electrons. The highest BCUT2D eigenvalue weighted by molar-refractivity contribution is 5.76. The molecule has 0 fully saturated rings. The molecule has 3 rings (SSSR count). The van der Waals surface area contributed by atoms with Gasteiger partial charge in [0.2, 0.25) is 5.91 Å². The molecule has 6 heteroatoms. The summed E-state index contributed by atoms with van der Waals surface area (Å²) in [4.78, 5) is 16.8. The third-order valence-corrected chi connectivity index (χ3v) is 3.90. The number of nitrogens with one attached hydrogen (secondary N) is 1. The first-order chi connectivity index (χ1) is 11.8. The molecule has 2 heterocycles. The smallest absolute Gasteiger partial charge is 0.240 e. The molecule has 2 aromatic heterocycles. The maximum Gasteiger partial charge on any atom is 0.240 e. The highest BCUT2D eigenvalue weighted by Crippen LogP contribution is 2.15. The van der Waals surface area contributed by atoms with E-state index in [1.807, 2.05) is 65.0 Å². The van der Waals surface area contributed by atoms with Crippen molar-refractivity contribution in [1.82, 2.24) is 24.6 Å². The minimum atomic E-state index is -0.132. The lowest BCUT2D eigenvalue weighted by atomic mass is 10.1. The fourth-order valence-corrected chi connectivity index (χ4v) is 2.71. The van der Waals surface area contributed by atoms with E-state index < -0.39 is 0 Å². The van der Waals surface area contributed by atoms with Crippen molar-refractivity contribution >= 4 is 5.91 Å². The molecule has 6 nitrogen and oxygen atoms in total. The fourth-order valence-electron chi connectivity index (χ4n) is 2.71. The quantitative estimate of drug-likeness (QED) is 0.725. The topological polar surface area (TPSA) is 64.7 Å². The number of amides is 1. The average molecular weight is 323 g/mol. The number of imidazole rings is 1. The Labute approximate surface area is 141 Å². The summed E-state index contributed by atoms with van der Waals surface area (Å²) in [5, 5.41) is 7.35. The third-order valence-electron chi connectivity index (χ3n) is 3.90. The fraction of sp³-hybridized carbons (Fsp3) is 0.278. The molecule has 24 heavy (non-hydrogen) atoms. The predicted molar refractivity (Wildman–Crippen MR) is 91.2 cm³/mol. The Kier molecular flexibility index (Phi) is 5.05.